The van der Waals surface area contributed by atoms with E-state index < -0.39 is 5.91 Å². The summed E-state index contributed by atoms with van der Waals surface area (Å²) in [7, 11) is 0. The topological polar surface area (TPSA) is 78.7 Å². The highest BCUT2D eigenvalue weighted by Crippen LogP contribution is 2.32. The number of primary amides is 1. The zero-order chi connectivity index (χ0) is 23.2. The van der Waals surface area contributed by atoms with E-state index in [-0.39, 0.29) is 5.91 Å². The normalized spacial score (nSPS) is 17.7. The number of hydrogen-bond acceptors (Lipinski definition) is 4. The summed E-state index contributed by atoms with van der Waals surface area (Å²) in [5.41, 5.74) is 7.86. The molecule has 0 aromatic heterocycles. The van der Waals surface area contributed by atoms with Gasteiger partial charge in [0, 0.05) is 29.2 Å². The van der Waals surface area contributed by atoms with Crippen LogP contribution in [0.3, 0.4) is 0 Å². The fourth-order valence-corrected chi connectivity index (χ4v) is 5.09. The summed E-state index contributed by atoms with van der Waals surface area (Å²) in [4.78, 5) is 29.5. The minimum atomic E-state index is -0.517. The summed E-state index contributed by atoms with van der Waals surface area (Å²) < 4.78 is 0. The van der Waals surface area contributed by atoms with Gasteiger partial charge in [0.1, 0.15) is 0 Å². The molecule has 0 atom stereocenters. The predicted molar refractivity (Wildman–Crippen MR) is 134 cm³/mol. The molecule has 2 fully saturated rings. The highest BCUT2D eigenvalue weighted by molar-refractivity contribution is 6.31. The first-order valence-electron chi connectivity index (χ1n) is 12.0. The van der Waals surface area contributed by atoms with Crippen molar-refractivity contribution >= 4 is 34.8 Å². The molecule has 0 spiro atoms. The molecule has 2 aliphatic rings. The van der Waals surface area contributed by atoms with Gasteiger partial charge in [-0.3, -0.25) is 9.59 Å². The molecule has 176 valence electrons. The number of anilines is 2. The van der Waals surface area contributed by atoms with Gasteiger partial charge in [-0.1, -0.05) is 24.1 Å². The molecule has 0 aliphatic carbocycles. The minimum absolute atomic E-state index is 0.267. The first kappa shape index (κ1) is 23.6. The molecule has 4 rings (SSSR count). The molecule has 2 aromatic carbocycles. The van der Waals surface area contributed by atoms with E-state index in [1.807, 2.05) is 6.07 Å². The maximum Gasteiger partial charge on any atom is 0.255 e. The highest BCUT2D eigenvalue weighted by Gasteiger charge is 2.23. The van der Waals surface area contributed by atoms with Crippen LogP contribution in [0.5, 0.6) is 0 Å². The number of rotatable bonds is 7. The Morgan fingerprint density at radius 3 is 2.42 bits per heavy atom. The molecule has 0 radical (unpaired) electrons. The number of carbonyl (C=O) groups is 2. The van der Waals surface area contributed by atoms with Crippen LogP contribution in [0.4, 0.5) is 11.4 Å². The third-order valence-electron chi connectivity index (χ3n) is 6.87. The largest absolute Gasteiger partial charge is 0.370 e. The van der Waals surface area contributed by atoms with Crippen LogP contribution < -0.4 is 16.0 Å². The molecule has 2 aromatic rings. The molecule has 0 bridgehead atoms. The van der Waals surface area contributed by atoms with Gasteiger partial charge < -0.3 is 20.9 Å². The second kappa shape index (κ2) is 11.0. The number of nitrogens with two attached hydrogens (primary N) is 1. The number of piperidine rings is 2. The van der Waals surface area contributed by atoms with Gasteiger partial charge in [-0.25, -0.2) is 0 Å². The third kappa shape index (κ3) is 6.27. The van der Waals surface area contributed by atoms with Crippen LogP contribution in [0.15, 0.2) is 42.5 Å². The van der Waals surface area contributed by atoms with Crippen LogP contribution in [-0.4, -0.2) is 49.4 Å². The Kier molecular flexibility index (Phi) is 7.89. The van der Waals surface area contributed by atoms with Gasteiger partial charge in [-0.05, 0) is 94.1 Å². The molecular formula is C26H33ClN4O2. The molecule has 6 nitrogen and oxygen atoms in total. The van der Waals surface area contributed by atoms with E-state index in [4.69, 9.17) is 17.3 Å². The summed E-state index contributed by atoms with van der Waals surface area (Å²) >= 11 is 6.05. The van der Waals surface area contributed by atoms with Gasteiger partial charge >= 0.3 is 0 Å². The Bertz CT molecular complexity index is 982. The number of hydrogen-bond donors (Lipinski definition) is 2. The molecule has 2 amide bonds. The maximum absolute atomic E-state index is 12.9. The average Bonchev–Trinajstić information content (AvgIpc) is 2.83. The summed E-state index contributed by atoms with van der Waals surface area (Å²) in [6.45, 7) is 5.57. The van der Waals surface area contributed by atoms with Gasteiger partial charge in [-0.15, -0.1) is 0 Å². The van der Waals surface area contributed by atoms with Crippen molar-refractivity contribution in [3.8, 4) is 0 Å². The molecule has 0 saturated carbocycles. The van der Waals surface area contributed by atoms with Gasteiger partial charge in [0.2, 0.25) is 5.91 Å². The fraction of sp³-hybridized carbons (Fsp3) is 0.462. The number of nitrogens with zero attached hydrogens (tertiary/aromatic N) is 2. The minimum Gasteiger partial charge on any atom is -0.370 e. The van der Waals surface area contributed by atoms with Crippen molar-refractivity contribution in [2.75, 3.05) is 42.9 Å². The first-order chi connectivity index (χ1) is 16.0. The molecule has 0 unspecified atom stereocenters. The predicted octanol–water partition coefficient (Wildman–Crippen LogP) is 4.78. The van der Waals surface area contributed by atoms with E-state index in [9.17, 15) is 9.59 Å². The summed E-state index contributed by atoms with van der Waals surface area (Å²) in [6.07, 6.45) is 7.57. The van der Waals surface area contributed by atoms with E-state index in [1.54, 1.807) is 36.4 Å². The zero-order valence-corrected chi connectivity index (χ0v) is 19.8. The van der Waals surface area contributed by atoms with Crippen molar-refractivity contribution in [2.45, 2.75) is 38.5 Å². The van der Waals surface area contributed by atoms with E-state index in [0.717, 1.165) is 37.5 Å². The van der Waals surface area contributed by atoms with Gasteiger partial charge in [0.25, 0.3) is 5.91 Å². The standard InChI is InChI=1S/C26H33ClN4O2/c27-22-6-4-5-21(17-22)26(33)29-23-18-20(25(28)32)7-8-24(23)31-15-10-19(11-16-31)9-14-30-12-2-1-3-13-30/h4-8,17-19H,1-3,9-16H2,(H2,28,32)(H,29,33). The number of carbonyl (C=O) groups excluding carboxylic acids is 2. The number of likely N-dealkylation sites (tertiary alicyclic amines) is 1. The molecule has 3 N–H and O–H groups in total. The van der Waals surface area contributed by atoms with Crippen molar-refractivity contribution in [3.63, 3.8) is 0 Å². The van der Waals surface area contributed by atoms with E-state index in [0.29, 0.717) is 21.8 Å². The fourth-order valence-electron chi connectivity index (χ4n) is 4.90. The van der Waals surface area contributed by atoms with Gasteiger partial charge in [-0.2, -0.15) is 0 Å². The second-order valence-electron chi connectivity index (χ2n) is 9.18. The number of benzene rings is 2. The average molecular weight is 469 g/mol. The summed E-state index contributed by atoms with van der Waals surface area (Å²) in [5.74, 6) is -0.0504. The number of halogens is 1. The zero-order valence-electron chi connectivity index (χ0n) is 19.1. The molecule has 2 saturated heterocycles. The lowest BCUT2D eigenvalue weighted by molar-refractivity contribution is 0.0996. The Morgan fingerprint density at radius 1 is 0.970 bits per heavy atom. The Labute approximate surface area is 201 Å². The van der Waals surface area contributed by atoms with E-state index >= 15 is 0 Å². The first-order valence-corrected chi connectivity index (χ1v) is 12.4. The Balaban J connectivity index is 1.42. The second-order valence-corrected chi connectivity index (χ2v) is 9.62. The van der Waals surface area contributed by atoms with Crippen LogP contribution in [0, 0.1) is 5.92 Å². The monoisotopic (exact) mass is 468 g/mol. The number of nitrogens with one attached hydrogen (secondary N) is 1. The molecule has 2 heterocycles. The van der Waals surface area contributed by atoms with Crippen LogP contribution in [0.1, 0.15) is 59.2 Å². The van der Waals surface area contributed by atoms with Gasteiger partial charge in [0.05, 0.1) is 11.4 Å². The van der Waals surface area contributed by atoms with Crippen LogP contribution in [0.25, 0.3) is 0 Å². The molecule has 33 heavy (non-hydrogen) atoms. The highest BCUT2D eigenvalue weighted by atomic mass is 35.5. The molecule has 2 aliphatic heterocycles. The van der Waals surface area contributed by atoms with Crippen LogP contribution in [-0.2, 0) is 0 Å². The van der Waals surface area contributed by atoms with Crippen LogP contribution >= 0.6 is 11.6 Å². The quantitative estimate of drug-likeness (QED) is 0.612. The van der Waals surface area contributed by atoms with Crippen molar-refractivity contribution in [2.24, 2.45) is 11.7 Å². The Hall–Kier alpha value is -2.57. The molecular weight excluding hydrogens is 436 g/mol. The van der Waals surface area contributed by atoms with Crippen molar-refractivity contribution < 1.29 is 9.59 Å². The maximum atomic E-state index is 12.9. The lowest BCUT2D eigenvalue weighted by Crippen LogP contribution is -2.37. The summed E-state index contributed by atoms with van der Waals surface area (Å²) in [5, 5.41) is 3.47. The third-order valence-corrected chi connectivity index (χ3v) is 7.11. The van der Waals surface area contributed by atoms with Crippen molar-refractivity contribution in [1.29, 1.82) is 0 Å². The SMILES string of the molecule is NC(=O)c1ccc(N2CCC(CCN3CCCCC3)CC2)c(NC(=O)c2cccc(Cl)c2)c1. The summed E-state index contributed by atoms with van der Waals surface area (Å²) in [6, 6.07) is 12.1. The van der Waals surface area contributed by atoms with Gasteiger partial charge in [0.15, 0.2) is 0 Å². The lowest BCUT2D eigenvalue weighted by Gasteiger charge is -2.36. The van der Waals surface area contributed by atoms with E-state index in [2.05, 4.69) is 15.1 Å². The smallest absolute Gasteiger partial charge is 0.255 e. The van der Waals surface area contributed by atoms with Crippen molar-refractivity contribution in [1.82, 2.24) is 4.90 Å². The van der Waals surface area contributed by atoms with Crippen molar-refractivity contribution in [3.05, 3.63) is 58.6 Å². The van der Waals surface area contributed by atoms with E-state index in [1.165, 1.54) is 45.3 Å². The van der Waals surface area contributed by atoms with Crippen LogP contribution in [0.2, 0.25) is 5.02 Å². The number of amides is 2. The molecule has 7 heteroatoms. The lowest BCUT2D eigenvalue weighted by atomic mass is 9.92. The Morgan fingerprint density at radius 2 is 1.73 bits per heavy atom.